The fraction of sp³-hybridized carbons (Fsp3) is 0.364. The van der Waals surface area contributed by atoms with Crippen molar-refractivity contribution in [2.75, 3.05) is 6.61 Å². The van der Waals surface area contributed by atoms with E-state index in [0.717, 1.165) is 12.0 Å². The van der Waals surface area contributed by atoms with Crippen molar-refractivity contribution in [3.63, 3.8) is 0 Å². The second kappa shape index (κ2) is 4.79. The summed E-state index contributed by atoms with van der Waals surface area (Å²) in [6.07, 6.45) is 0.275. The van der Waals surface area contributed by atoms with E-state index in [0.29, 0.717) is 13.2 Å². The Bertz CT molecular complexity index is 322. The average Bonchev–Trinajstić information content (AvgIpc) is 2.22. The highest BCUT2D eigenvalue weighted by molar-refractivity contribution is 5.67. The number of hydrogen-bond donors (Lipinski definition) is 1. The van der Waals surface area contributed by atoms with Gasteiger partial charge in [0.15, 0.2) is 0 Å². The van der Waals surface area contributed by atoms with E-state index in [4.69, 9.17) is 9.47 Å². The number of alkyl carbamates (subject to hydrolysis) is 1. The quantitative estimate of drug-likeness (QED) is 0.820. The lowest BCUT2D eigenvalue weighted by molar-refractivity contribution is -0.0679. The Hall–Kier alpha value is -1.55. The minimum atomic E-state index is -0.427. The second-order valence-electron chi connectivity index (χ2n) is 3.35. The van der Waals surface area contributed by atoms with Crippen molar-refractivity contribution in [3.05, 3.63) is 35.9 Å². The van der Waals surface area contributed by atoms with E-state index in [1.807, 2.05) is 30.3 Å². The molecule has 0 bridgehead atoms. The van der Waals surface area contributed by atoms with Crippen LogP contribution in [0.15, 0.2) is 30.3 Å². The first kappa shape index (κ1) is 9.98. The van der Waals surface area contributed by atoms with Crippen LogP contribution in [0.1, 0.15) is 12.0 Å². The van der Waals surface area contributed by atoms with Crippen molar-refractivity contribution >= 4 is 6.09 Å². The van der Waals surface area contributed by atoms with Crippen molar-refractivity contribution in [2.45, 2.75) is 19.3 Å². The number of carbonyl (C=O) groups is 1. The SMILES string of the molecule is O=C(NC1CCO1)OCc1ccccc1. The van der Waals surface area contributed by atoms with Gasteiger partial charge >= 0.3 is 6.09 Å². The molecule has 4 heteroatoms. The fourth-order valence-electron chi connectivity index (χ4n) is 1.25. The van der Waals surface area contributed by atoms with Gasteiger partial charge in [0.1, 0.15) is 12.8 Å². The summed E-state index contributed by atoms with van der Waals surface area (Å²) in [6, 6.07) is 9.56. The smallest absolute Gasteiger partial charge is 0.409 e. The number of hydrogen-bond acceptors (Lipinski definition) is 3. The van der Waals surface area contributed by atoms with Crippen LogP contribution in [0, 0.1) is 0 Å². The van der Waals surface area contributed by atoms with Crippen LogP contribution in [0.25, 0.3) is 0 Å². The zero-order valence-electron chi connectivity index (χ0n) is 8.31. The largest absolute Gasteiger partial charge is 0.445 e. The predicted octanol–water partition coefficient (Wildman–Crippen LogP) is 1.66. The third kappa shape index (κ3) is 2.95. The average molecular weight is 207 g/mol. The van der Waals surface area contributed by atoms with Gasteiger partial charge in [-0.15, -0.1) is 0 Å². The molecule has 0 saturated carbocycles. The van der Waals surface area contributed by atoms with Gasteiger partial charge in [-0.2, -0.15) is 0 Å². The van der Waals surface area contributed by atoms with Gasteiger partial charge in [0, 0.05) is 6.42 Å². The lowest BCUT2D eigenvalue weighted by Crippen LogP contribution is -2.44. The van der Waals surface area contributed by atoms with Gasteiger partial charge in [-0.1, -0.05) is 30.3 Å². The standard InChI is InChI=1S/C11H13NO3/c13-11(12-10-6-7-14-10)15-8-9-4-2-1-3-5-9/h1-5,10H,6-8H2,(H,12,13). The summed E-state index contributed by atoms with van der Waals surface area (Å²) in [5, 5.41) is 2.60. The second-order valence-corrected chi connectivity index (χ2v) is 3.35. The summed E-state index contributed by atoms with van der Waals surface area (Å²) in [5.41, 5.74) is 0.974. The number of ether oxygens (including phenoxy) is 2. The maximum absolute atomic E-state index is 11.2. The Balaban J connectivity index is 1.71. The summed E-state index contributed by atoms with van der Waals surface area (Å²) < 4.78 is 10.0. The van der Waals surface area contributed by atoms with E-state index < -0.39 is 6.09 Å². The molecule has 4 nitrogen and oxygen atoms in total. The highest BCUT2D eigenvalue weighted by Gasteiger charge is 2.20. The molecule has 0 aromatic heterocycles. The molecule has 1 fully saturated rings. The summed E-state index contributed by atoms with van der Waals surface area (Å²) >= 11 is 0. The molecule has 1 atom stereocenters. The summed E-state index contributed by atoms with van der Waals surface area (Å²) in [5.74, 6) is 0. The molecule has 1 amide bonds. The van der Waals surface area contributed by atoms with Gasteiger partial charge in [-0.25, -0.2) is 4.79 Å². The number of rotatable bonds is 3. The molecule has 2 rings (SSSR count). The number of carbonyl (C=O) groups excluding carboxylic acids is 1. The normalized spacial score (nSPS) is 19.1. The van der Waals surface area contributed by atoms with Gasteiger partial charge in [0.05, 0.1) is 6.61 Å². The number of benzene rings is 1. The molecule has 1 aliphatic rings. The number of nitrogens with one attached hydrogen (secondary N) is 1. The monoisotopic (exact) mass is 207 g/mol. The molecular weight excluding hydrogens is 194 g/mol. The molecule has 15 heavy (non-hydrogen) atoms. The Labute approximate surface area is 88.2 Å². The van der Waals surface area contributed by atoms with E-state index >= 15 is 0 Å². The van der Waals surface area contributed by atoms with Crippen LogP contribution >= 0.6 is 0 Å². The maximum Gasteiger partial charge on any atom is 0.409 e. The topological polar surface area (TPSA) is 47.6 Å². The van der Waals surface area contributed by atoms with E-state index in [2.05, 4.69) is 5.32 Å². The van der Waals surface area contributed by atoms with E-state index in [1.54, 1.807) is 0 Å². The Kier molecular flexibility index (Phi) is 3.19. The minimum absolute atomic E-state index is 0.159. The molecule has 1 unspecified atom stereocenters. The molecule has 1 aromatic carbocycles. The Morgan fingerprint density at radius 1 is 1.47 bits per heavy atom. The highest BCUT2D eigenvalue weighted by atomic mass is 16.6. The summed E-state index contributed by atoms with van der Waals surface area (Å²) in [6.45, 7) is 1.00. The number of amides is 1. The fourth-order valence-corrected chi connectivity index (χ4v) is 1.25. The van der Waals surface area contributed by atoms with Crippen molar-refractivity contribution in [1.82, 2.24) is 5.32 Å². The van der Waals surface area contributed by atoms with Crippen molar-refractivity contribution in [1.29, 1.82) is 0 Å². The molecule has 0 radical (unpaired) electrons. The molecule has 1 aliphatic heterocycles. The molecule has 1 aromatic rings. The molecular formula is C11H13NO3. The molecule has 1 saturated heterocycles. The van der Waals surface area contributed by atoms with Crippen LogP contribution < -0.4 is 5.32 Å². The van der Waals surface area contributed by atoms with Crippen LogP contribution in [-0.2, 0) is 16.1 Å². The first-order chi connectivity index (χ1) is 7.34. The lowest BCUT2D eigenvalue weighted by atomic mass is 10.2. The Morgan fingerprint density at radius 3 is 2.80 bits per heavy atom. The van der Waals surface area contributed by atoms with Crippen LogP contribution in [0.3, 0.4) is 0 Å². The first-order valence-electron chi connectivity index (χ1n) is 4.93. The third-order valence-corrected chi connectivity index (χ3v) is 2.19. The van der Waals surface area contributed by atoms with Gasteiger partial charge in [-0.3, -0.25) is 5.32 Å². The van der Waals surface area contributed by atoms with Gasteiger partial charge in [-0.05, 0) is 5.56 Å². The third-order valence-electron chi connectivity index (χ3n) is 2.19. The summed E-state index contributed by atoms with van der Waals surface area (Å²) in [4.78, 5) is 11.2. The first-order valence-corrected chi connectivity index (χ1v) is 4.93. The zero-order chi connectivity index (χ0) is 10.5. The molecule has 80 valence electrons. The molecule has 0 spiro atoms. The summed E-state index contributed by atoms with van der Waals surface area (Å²) in [7, 11) is 0. The predicted molar refractivity (Wildman–Crippen MR) is 54.1 cm³/mol. The van der Waals surface area contributed by atoms with Gasteiger partial charge in [0.2, 0.25) is 0 Å². The van der Waals surface area contributed by atoms with Crippen molar-refractivity contribution in [2.24, 2.45) is 0 Å². The van der Waals surface area contributed by atoms with Gasteiger partial charge < -0.3 is 9.47 Å². The molecule has 1 heterocycles. The van der Waals surface area contributed by atoms with Gasteiger partial charge in [0.25, 0.3) is 0 Å². The highest BCUT2D eigenvalue weighted by Crippen LogP contribution is 2.07. The Morgan fingerprint density at radius 2 is 2.20 bits per heavy atom. The maximum atomic E-state index is 11.2. The lowest BCUT2D eigenvalue weighted by Gasteiger charge is -2.26. The molecule has 1 N–H and O–H groups in total. The van der Waals surface area contributed by atoms with E-state index in [9.17, 15) is 4.79 Å². The minimum Gasteiger partial charge on any atom is -0.445 e. The van der Waals surface area contributed by atoms with Crippen LogP contribution in [-0.4, -0.2) is 18.9 Å². The van der Waals surface area contributed by atoms with Crippen LogP contribution in [0.2, 0.25) is 0 Å². The molecule has 0 aliphatic carbocycles. The van der Waals surface area contributed by atoms with E-state index in [-0.39, 0.29) is 6.23 Å². The van der Waals surface area contributed by atoms with Crippen LogP contribution in [0.4, 0.5) is 4.79 Å². The van der Waals surface area contributed by atoms with Crippen LogP contribution in [0.5, 0.6) is 0 Å². The van der Waals surface area contributed by atoms with E-state index in [1.165, 1.54) is 0 Å². The van der Waals surface area contributed by atoms with Crippen molar-refractivity contribution < 1.29 is 14.3 Å². The zero-order valence-corrected chi connectivity index (χ0v) is 8.31. The van der Waals surface area contributed by atoms with Crippen molar-refractivity contribution in [3.8, 4) is 0 Å².